The molecule has 0 bridgehead atoms. The molecule has 0 aliphatic heterocycles. The van der Waals surface area contributed by atoms with Crippen LogP contribution in [0.4, 0.5) is 0 Å². The maximum absolute atomic E-state index is 13.5. The zero-order chi connectivity index (χ0) is 24.8. The number of benzene rings is 2. The molecule has 3 rings (SSSR count). The first-order chi connectivity index (χ1) is 16.3. The Labute approximate surface area is 204 Å². The largest absolute Gasteiger partial charge is 0.465 e. The molecule has 1 amide bonds. The third kappa shape index (κ3) is 5.33. The molecule has 0 unspecified atom stereocenters. The second kappa shape index (κ2) is 11.3. The van der Waals surface area contributed by atoms with Gasteiger partial charge in [0.25, 0.3) is 5.56 Å². The lowest BCUT2D eigenvalue weighted by atomic mass is 10.1. The highest BCUT2D eigenvalue weighted by atomic mass is 32.2. The molecule has 1 aromatic heterocycles. The van der Waals surface area contributed by atoms with Crippen LogP contribution in [0, 0.1) is 0 Å². The Hall–Kier alpha value is -3.13. The van der Waals surface area contributed by atoms with Crippen molar-refractivity contribution >= 4 is 34.5 Å². The van der Waals surface area contributed by atoms with Gasteiger partial charge in [0, 0.05) is 12.1 Å². The smallest absolute Gasteiger partial charge is 0.337 e. The van der Waals surface area contributed by atoms with Crippen LogP contribution in [0.15, 0.2) is 58.5 Å². The summed E-state index contributed by atoms with van der Waals surface area (Å²) >= 11 is 1.23. The second-order valence-electron chi connectivity index (χ2n) is 8.20. The summed E-state index contributed by atoms with van der Waals surface area (Å²) in [5.74, 6) is -0.347. The number of fused-ring (bicyclic) bond motifs is 1. The summed E-state index contributed by atoms with van der Waals surface area (Å²) < 4.78 is 6.33. The van der Waals surface area contributed by atoms with Crippen LogP contribution in [0.1, 0.15) is 50.9 Å². The van der Waals surface area contributed by atoms with Crippen LogP contribution in [0.25, 0.3) is 16.6 Å². The highest BCUT2D eigenvalue weighted by Crippen LogP contribution is 2.24. The van der Waals surface area contributed by atoms with E-state index in [9.17, 15) is 14.4 Å². The van der Waals surface area contributed by atoms with Crippen molar-refractivity contribution in [2.75, 3.05) is 12.9 Å². The van der Waals surface area contributed by atoms with E-state index in [0.29, 0.717) is 27.3 Å². The Morgan fingerprint density at radius 2 is 1.71 bits per heavy atom. The summed E-state index contributed by atoms with van der Waals surface area (Å²) in [5.41, 5.74) is 1.10. The highest BCUT2D eigenvalue weighted by molar-refractivity contribution is 7.99. The molecular formula is C26H31N3O4S. The van der Waals surface area contributed by atoms with E-state index in [1.54, 1.807) is 18.2 Å². The van der Waals surface area contributed by atoms with Crippen molar-refractivity contribution in [2.45, 2.75) is 57.8 Å². The van der Waals surface area contributed by atoms with Crippen molar-refractivity contribution in [3.63, 3.8) is 0 Å². The number of thioether (sulfide) groups is 1. The van der Waals surface area contributed by atoms with Gasteiger partial charge in [-0.1, -0.05) is 43.8 Å². The summed E-state index contributed by atoms with van der Waals surface area (Å²) in [5, 5.41) is 0.778. The number of para-hydroxylation sites is 1. The zero-order valence-corrected chi connectivity index (χ0v) is 21.1. The fourth-order valence-corrected chi connectivity index (χ4v) is 4.71. The fourth-order valence-electron chi connectivity index (χ4n) is 3.83. The van der Waals surface area contributed by atoms with Gasteiger partial charge in [0.15, 0.2) is 5.16 Å². The third-order valence-corrected chi connectivity index (χ3v) is 6.94. The van der Waals surface area contributed by atoms with Gasteiger partial charge in [-0.25, -0.2) is 9.78 Å². The van der Waals surface area contributed by atoms with E-state index >= 15 is 0 Å². The predicted molar refractivity (Wildman–Crippen MR) is 136 cm³/mol. The SMILES string of the molecule is CC[C@@H](C)N(C(=O)CSc1nc2cc(C(=O)OC)ccc2c(=O)n1-c1ccccc1)[C@H](C)CC. The van der Waals surface area contributed by atoms with Crippen molar-refractivity contribution in [1.29, 1.82) is 0 Å². The lowest BCUT2D eigenvalue weighted by Crippen LogP contribution is -2.45. The summed E-state index contributed by atoms with van der Waals surface area (Å²) in [6.07, 6.45) is 1.72. The van der Waals surface area contributed by atoms with Gasteiger partial charge in [-0.05, 0) is 57.0 Å². The van der Waals surface area contributed by atoms with Gasteiger partial charge in [-0.15, -0.1) is 0 Å². The van der Waals surface area contributed by atoms with E-state index in [2.05, 4.69) is 27.7 Å². The van der Waals surface area contributed by atoms with Gasteiger partial charge >= 0.3 is 5.97 Å². The Bertz CT molecular complexity index is 1220. The molecule has 8 heteroatoms. The Morgan fingerprint density at radius 1 is 1.06 bits per heavy atom. The van der Waals surface area contributed by atoms with Gasteiger partial charge in [0.1, 0.15) is 0 Å². The van der Waals surface area contributed by atoms with E-state index in [4.69, 9.17) is 9.72 Å². The van der Waals surface area contributed by atoms with E-state index in [-0.39, 0.29) is 29.3 Å². The molecule has 34 heavy (non-hydrogen) atoms. The summed E-state index contributed by atoms with van der Waals surface area (Å²) in [6.45, 7) is 8.24. The first kappa shape index (κ1) is 25.5. The van der Waals surface area contributed by atoms with Crippen molar-refractivity contribution in [3.05, 3.63) is 64.4 Å². The minimum Gasteiger partial charge on any atom is -0.465 e. The quantitative estimate of drug-likeness (QED) is 0.251. The van der Waals surface area contributed by atoms with Crippen LogP contribution in [0.5, 0.6) is 0 Å². The first-order valence-corrected chi connectivity index (χ1v) is 12.4. The fraction of sp³-hybridized carbons (Fsp3) is 0.385. The third-order valence-electron chi connectivity index (χ3n) is 6.02. The Balaban J connectivity index is 2.07. The molecule has 0 radical (unpaired) electrons. The maximum Gasteiger partial charge on any atom is 0.337 e. The van der Waals surface area contributed by atoms with E-state index in [0.717, 1.165) is 12.8 Å². The molecule has 0 saturated carbocycles. The molecule has 0 aliphatic carbocycles. The summed E-state index contributed by atoms with van der Waals surface area (Å²) in [6, 6.07) is 14.1. The van der Waals surface area contributed by atoms with Crippen LogP contribution in [0.2, 0.25) is 0 Å². The summed E-state index contributed by atoms with van der Waals surface area (Å²) in [7, 11) is 1.31. The van der Waals surface area contributed by atoms with Gasteiger partial charge in [-0.2, -0.15) is 0 Å². The minimum absolute atomic E-state index is 0.00553. The average Bonchev–Trinajstić information content (AvgIpc) is 2.86. The zero-order valence-electron chi connectivity index (χ0n) is 20.3. The number of nitrogens with zero attached hydrogens (tertiary/aromatic N) is 3. The molecular weight excluding hydrogens is 450 g/mol. The van der Waals surface area contributed by atoms with Crippen molar-refractivity contribution in [2.24, 2.45) is 0 Å². The molecule has 2 atom stereocenters. The molecule has 2 aromatic carbocycles. The molecule has 0 spiro atoms. The molecule has 7 nitrogen and oxygen atoms in total. The molecule has 0 N–H and O–H groups in total. The van der Waals surface area contributed by atoms with Crippen LogP contribution in [-0.4, -0.2) is 51.3 Å². The van der Waals surface area contributed by atoms with Crippen LogP contribution in [-0.2, 0) is 9.53 Å². The van der Waals surface area contributed by atoms with Crippen molar-refractivity contribution < 1.29 is 14.3 Å². The number of ether oxygens (including phenoxy) is 1. The van der Waals surface area contributed by atoms with Crippen LogP contribution in [0.3, 0.4) is 0 Å². The number of hydrogen-bond acceptors (Lipinski definition) is 6. The Morgan fingerprint density at radius 3 is 2.29 bits per heavy atom. The number of amides is 1. The maximum atomic E-state index is 13.5. The molecule has 0 aliphatic rings. The molecule has 1 heterocycles. The van der Waals surface area contributed by atoms with Gasteiger partial charge in [0.2, 0.25) is 5.91 Å². The van der Waals surface area contributed by atoms with Gasteiger partial charge < -0.3 is 9.64 Å². The number of rotatable bonds is 9. The lowest BCUT2D eigenvalue weighted by molar-refractivity contribution is -0.132. The normalized spacial score (nSPS) is 12.9. The molecule has 180 valence electrons. The highest BCUT2D eigenvalue weighted by Gasteiger charge is 2.24. The van der Waals surface area contributed by atoms with Crippen LogP contribution < -0.4 is 5.56 Å². The number of aromatic nitrogens is 2. The number of carbonyl (C=O) groups excluding carboxylic acids is 2. The number of hydrogen-bond donors (Lipinski definition) is 0. The number of methoxy groups -OCH3 is 1. The van der Waals surface area contributed by atoms with Gasteiger partial charge in [0.05, 0.1) is 35.0 Å². The first-order valence-electron chi connectivity index (χ1n) is 11.5. The minimum atomic E-state index is -0.502. The summed E-state index contributed by atoms with van der Waals surface area (Å²) in [4.78, 5) is 45.3. The lowest BCUT2D eigenvalue weighted by Gasteiger charge is -2.34. The standard InChI is InChI=1S/C26H31N3O4S/c1-6-17(3)28(18(4)7-2)23(30)16-34-26-27-22-15-19(25(32)33-5)13-14-21(22)24(31)29(26)20-11-9-8-10-12-20/h8-15,17-18H,6-7,16H2,1-5H3/t17-,18-/m1/s1. The van der Waals surface area contributed by atoms with Crippen molar-refractivity contribution in [3.8, 4) is 5.69 Å². The predicted octanol–water partition coefficient (Wildman–Crippen LogP) is 4.69. The van der Waals surface area contributed by atoms with E-state index < -0.39 is 5.97 Å². The Kier molecular flexibility index (Phi) is 8.50. The van der Waals surface area contributed by atoms with Gasteiger partial charge in [-0.3, -0.25) is 14.2 Å². The van der Waals surface area contributed by atoms with Crippen molar-refractivity contribution in [1.82, 2.24) is 14.5 Å². The molecule has 0 saturated heterocycles. The second-order valence-corrected chi connectivity index (χ2v) is 9.14. The molecule has 3 aromatic rings. The molecule has 0 fully saturated rings. The number of esters is 1. The topological polar surface area (TPSA) is 81.5 Å². The average molecular weight is 482 g/mol. The van der Waals surface area contributed by atoms with E-state index in [1.807, 2.05) is 35.2 Å². The number of carbonyl (C=O) groups is 2. The monoisotopic (exact) mass is 481 g/mol. The van der Waals surface area contributed by atoms with Crippen LogP contribution >= 0.6 is 11.8 Å². The van der Waals surface area contributed by atoms with E-state index in [1.165, 1.54) is 23.4 Å².